The molecule has 0 saturated carbocycles. The summed E-state index contributed by atoms with van der Waals surface area (Å²) in [6.45, 7) is 7.28. The SMILES string of the molecule is CC(C)NCC1CCCN1Cc1ccc2cc(-c3csc(CS(=O)(=O)c4ccccc4)n3)c(=O)[nH]c2c1. The third kappa shape index (κ3) is 6.01. The van der Waals surface area contributed by atoms with E-state index in [1.165, 1.54) is 29.7 Å². The van der Waals surface area contributed by atoms with Gasteiger partial charge in [-0.1, -0.05) is 44.2 Å². The lowest BCUT2D eigenvalue weighted by atomic mass is 10.1. The molecule has 1 aliphatic rings. The van der Waals surface area contributed by atoms with Gasteiger partial charge in [0.2, 0.25) is 0 Å². The molecule has 1 unspecified atom stereocenters. The zero-order chi connectivity index (χ0) is 26.0. The Labute approximate surface area is 221 Å². The molecule has 194 valence electrons. The molecule has 3 heterocycles. The largest absolute Gasteiger partial charge is 0.321 e. The Kier molecular flexibility index (Phi) is 7.57. The number of aromatic nitrogens is 2. The highest BCUT2D eigenvalue weighted by atomic mass is 32.2. The van der Waals surface area contributed by atoms with E-state index in [1.807, 2.05) is 12.1 Å². The van der Waals surface area contributed by atoms with Crippen LogP contribution >= 0.6 is 11.3 Å². The minimum absolute atomic E-state index is 0.194. The molecule has 1 atom stereocenters. The van der Waals surface area contributed by atoms with Gasteiger partial charge in [0.25, 0.3) is 5.56 Å². The fourth-order valence-corrected chi connectivity index (χ4v) is 7.30. The molecule has 0 radical (unpaired) electrons. The molecule has 1 aliphatic heterocycles. The van der Waals surface area contributed by atoms with Crippen LogP contribution in [0, 0.1) is 0 Å². The number of fused-ring (bicyclic) bond motifs is 1. The van der Waals surface area contributed by atoms with E-state index in [4.69, 9.17) is 0 Å². The lowest BCUT2D eigenvalue weighted by Crippen LogP contribution is -2.39. The second-order valence-corrected chi connectivity index (χ2v) is 12.9. The molecule has 0 spiro atoms. The average Bonchev–Trinajstić information content (AvgIpc) is 3.52. The van der Waals surface area contributed by atoms with E-state index in [0.717, 1.165) is 30.5 Å². The highest BCUT2D eigenvalue weighted by molar-refractivity contribution is 7.90. The Bertz CT molecular complexity index is 1540. The van der Waals surface area contributed by atoms with Crippen LogP contribution in [0.25, 0.3) is 22.2 Å². The van der Waals surface area contributed by atoms with Crippen molar-refractivity contribution in [3.63, 3.8) is 0 Å². The van der Waals surface area contributed by atoms with Crippen LogP contribution in [0.5, 0.6) is 0 Å². The predicted molar refractivity (Wildman–Crippen MR) is 150 cm³/mol. The van der Waals surface area contributed by atoms with Crippen molar-refractivity contribution in [3.05, 3.63) is 80.9 Å². The van der Waals surface area contributed by atoms with E-state index in [0.29, 0.717) is 28.3 Å². The van der Waals surface area contributed by atoms with Gasteiger partial charge in [0.1, 0.15) is 10.8 Å². The number of pyridine rings is 1. The number of sulfone groups is 1. The molecule has 4 aromatic rings. The number of likely N-dealkylation sites (tertiary alicyclic amines) is 1. The maximum absolute atomic E-state index is 13.0. The Morgan fingerprint density at radius 2 is 1.97 bits per heavy atom. The van der Waals surface area contributed by atoms with Crippen molar-refractivity contribution in [2.45, 2.75) is 56.0 Å². The maximum Gasteiger partial charge on any atom is 0.257 e. The number of rotatable bonds is 9. The number of hydrogen-bond donors (Lipinski definition) is 2. The third-order valence-corrected chi connectivity index (χ3v) is 9.48. The van der Waals surface area contributed by atoms with E-state index in [-0.39, 0.29) is 16.2 Å². The molecule has 5 rings (SSSR count). The van der Waals surface area contributed by atoms with Crippen molar-refractivity contribution in [1.29, 1.82) is 0 Å². The van der Waals surface area contributed by atoms with Crippen molar-refractivity contribution < 1.29 is 8.42 Å². The summed E-state index contributed by atoms with van der Waals surface area (Å²) in [5.41, 5.74) is 2.68. The van der Waals surface area contributed by atoms with Crippen LogP contribution in [0.1, 0.15) is 37.3 Å². The standard InChI is InChI=1S/C28H32N4O3S2/c1-19(2)29-15-22-7-6-12-32(22)16-20-10-11-21-14-24(28(33)31-25(21)13-20)26-17-36-27(30-26)18-37(34,35)23-8-4-3-5-9-23/h3-5,8-11,13-14,17,19,22,29H,6-7,12,15-16,18H2,1-2H3,(H,31,33). The summed E-state index contributed by atoms with van der Waals surface area (Å²) in [5.74, 6) is -0.194. The molecule has 0 aliphatic carbocycles. The third-order valence-electron chi connectivity index (χ3n) is 6.80. The molecular weight excluding hydrogens is 504 g/mol. The fourth-order valence-electron chi connectivity index (χ4n) is 4.85. The van der Waals surface area contributed by atoms with E-state index in [2.05, 4.69) is 46.2 Å². The van der Waals surface area contributed by atoms with Gasteiger partial charge in [0.05, 0.1) is 16.2 Å². The summed E-state index contributed by atoms with van der Waals surface area (Å²) < 4.78 is 25.4. The first-order valence-corrected chi connectivity index (χ1v) is 15.2. The zero-order valence-electron chi connectivity index (χ0n) is 21.1. The van der Waals surface area contributed by atoms with Crippen LogP contribution in [0.3, 0.4) is 0 Å². The number of H-pyrrole nitrogens is 1. The first-order chi connectivity index (χ1) is 17.8. The number of hydrogen-bond acceptors (Lipinski definition) is 7. The van der Waals surface area contributed by atoms with Crippen molar-refractivity contribution >= 4 is 32.1 Å². The summed E-state index contributed by atoms with van der Waals surface area (Å²) in [4.78, 5) is 23.3. The van der Waals surface area contributed by atoms with Crippen molar-refractivity contribution in [2.24, 2.45) is 0 Å². The first-order valence-electron chi connectivity index (χ1n) is 12.6. The van der Waals surface area contributed by atoms with Gasteiger partial charge in [-0.25, -0.2) is 13.4 Å². The van der Waals surface area contributed by atoms with E-state index >= 15 is 0 Å². The molecule has 1 saturated heterocycles. The van der Waals surface area contributed by atoms with Gasteiger partial charge in [-0.05, 0) is 54.6 Å². The number of aromatic amines is 1. The van der Waals surface area contributed by atoms with Crippen molar-refractivity contribution in [3.8, 4) is 11.3 Å². The molecule has 2 N–H and O–H groups in total. The molecule has 1 fully saturated rings. The van der Waals surface area contributed by atoms with Gasteiger partial charge < -0.3 is 10.3 Å². The quantitative estimate of drug-likeness (QED) is 0.325. The number of thiazole rings is 1. The Morgan fingerprint density at radius 1 is 1.16 bits per heavy atom. The minimum atomic E-state index is -3.50. The summed E-state index contributed by atoms with van der Waals surface area (Å²) >= 11 is 1.25. The molecule has 0 amide bonds. The van der Waals surface area contributed by atoms with E-state index in [9.17, 15) is 13.2 Å². The molecule has 37 heavy (non-hydrogen) atoms. The topological polar surface area (TPSA) is 95.2 Å². The van der Waals surface area contributed by atoms with Gasteiger partial charge >= 0.3 is 0 Å². The van der Waals surface area contributed by atoms with Crippen molar-refractivity contribution in [1.82, 2.24) is 20.2 Å². The number of nitrogens with zero attached hydrogens (tertiary/aromatic N) is 2. The minimum Gasteiger partial charge on any atom is -0.321 e. The van der Waals surface area contributed by atoms with Gasteiger partial charge in [0.15, 0.2) is 9.84 Å². The first kappa shape index (κ1) is 25.8. The van der Waals surface area contributed by atoms with Crippen LogP contribution < -0.4 is 10.9 Å². The van der Waals surface area contributed by atoms with E-state index < -0.39 is 9.84 Å². The smallest absolute Gasteiger partial charge is 0.257 e. The summed E-state index contributed by atoms with van der Waals surface area (Å²) in [7, 11) is -3.50. The van der Waals surface area contributed by atoms with Crippen LogP contribution in [-0.4, -0.2) is 48.5 Å². The Balaban J connectivity index is 1.33. The molecular formula is C28H32N4O3S2. The second-order valence-electron chi connectivity index (χ2n) is 9.96. The number of nitrogens with one attached hydrogen (secondary N) is 2. The lowest BCUT2D eigenvalue weighted by molar-refractivity contribution is 0.236. The summed E-state index contributed by atoms with van der Waals surface area (Å²) in [6, 6.07) is 17.4. The monoisotopic (exact) mass is 536 g/mol. The Morgan fingerprint density at radius 3 is 2.76 bits per heavy atom. The molecule has 2 aromatic carbocycles. The van der Waals surface area contributed by atoms with Gasteiger partial charge in [-0.3, -0.25) is 9.69 Å². The normalized spacial score (nSPS) is 16.7. The maximum atomic E-state index is 13.0. The molecule has 2 aromatic heterocycles. The van der Waals surface area contributed by atoms with Crippen molar-refractivity contribution in [2.75, 3.05) is 13.1 Å². The lowest BCUT2D eigenvalue weighted by Gasteiger charge is -2.25. The zero-order valence-corrected chi connectivity index (χ0v) is 22.7. The van der Waals surface area contributed by atoms with Gasteiger partial charge in [-0.15, -0.1) is 11.3 Å². The average molecular weight is 537 g/mol. The van der Waals surface area contributed by atoms with Crippen LogP contribution in [0.4, 0.5) is 0 Å². The predicted octanol–water partition coefficient (Wildman–Crippen LogP) is 4.59. The summed E-state index contributed by atoms with van der Waals surface area (Å²) in [6.07, 6.45) is 2.41. The molecule has 9 heteroatoms. The molecule has 0 bridgehead atoms. The number of benzene rings is 2. The fraction of sp³-hybridized carbons (Fsp3) is 0.357. The highest BCUT2D eigenvalue weighted by Crippen LogP contribution is 2.26. The molecule has 7 nitrogen and oxygen atoms in total. The van der Waals surface area contributed by atoms with Crippen LogP contribution in [0.2, 0.25) is 0 Å². The van der Waals surface area contributed by atoms with Crippen LogP contribution in [-0.2, 0) is 22.1 Å². The second kappa shape index (κ2) is 10.9. The van der Waals surface area contributed by atoms with E-state index in [1.54, 1.807) is 35.7 Å². The van der Waals surface area contributed by atoms with Gasteiger partial charge in [-0.2, -0.15) is 0 Å². The Hall–Kier alpha value is -2.85. The van der Waals surface area contributed by atoms with Gasteiger partial charge in [0, 0.05) is 36.1 Å². The highest BCUT2D eigenvalue weighted by Gasteiger charge is 2.24. The van der Waals surface area contributed by atoms with Crippen LogP contribution in [0.15, 0.2) is 69.7 Å². The summed E-state index contributed by atoms with van der Waals surface area (Å²) in [5, 5.41) is 6.69.